The summed E-state index contributed by atoms with van der Waals surface area (Å²) in [5.74, 6) is -1.88. The number of ether oxygens (including phenoxy) is 1. The van der Waals surface area contributed by atoms with Crippen LogP contribution in [0.25, 0.3) is 0 Å². The van der Waals surface area contributed by atoms with Crippen LogP contribution in [0.2, 0.25) is 0 Å². The molecule has 1 N–H and O–H groups in total. The number of esters is 1. The van der Waals surface area contributed by atoms with Crippen molar-refractivity contribution in [3.63, 3.8) is 0 Å². The topological polar surface area (TPSA) is 79.2 Å². The summed E-state index contributed by atoms with van der Waals surface area (Å²) >= 11 is 1.46. The Labute approximate surface area is 158 Å². The van der Waals surface area contributed by atoms with Gasteiger partial charge in [0.15, 0.2) is 0 Å². The number of nitriles is 1. The number of carbonyl (C=O) groups excluding carboxylic acids is 2. The predicted molar refractivity (Wildman–Crippen MR) is 102 cm³/mol. The average Bonchev–Trinajstić information content (AvgIpc) is 2.62. The fraction of sp³-hybridized carbons (Fsp3) is 0.450. The zero-order valence-electron chi connectivity index (χ0n) is 15.4. The molecule has 0 saturated heterocycles. The van der Waals surface area contributed by atoms with Crippen molar-refractivity contribution >= 4 is 23.6 Å². The Morgan fingerprint density at radius 3 is 2.69 bits per heavy atom. The van der Waals surface area contributed by atoms with Gasteiger partial charge in [0.2, 0.25) is 5.91 Å². The molecule has 1 aromatic carbocycles. The van der Waals surface area contributed by atoms with E-state index >= 15 is 0 Å². The van der Waals surface area contributed by atoms with Crippen LogP contribution in [0.5, 0.6) is 0 Å². The predicted octanol–water partition coefficient (Wildman–Crippen LogP) is 3.66. The summed E-state index contributed by atoms with van der Waals surface area (Å²) in [7, 11) is 0. The second-order valence-electron chi connectivity index (χ2n) is 6.11. The Morgan fingerprint density at radius 2 is 2.08 bits per heavy atom. The lowest BCUT2D eigenvalue weighted by Crippen LogP contribution is -2.44. The number of nitrogens with one attached hydrogen (secondary N) is 1. The summed E-state index contributed by atoms with van der Waals surface area (Å²) in [6, 6.07) is 9.79. The van der Waals surface area contributed by atoms with Crippen molar-refractivity contribution in [3.05, 3.63) is 46.0 Å². The summed E-state index contributed by atoms with van der Waals surface area (Å²) in [6.45, 7) is 5.90. The first-order valence-electron chi connectivity index (χ1n) is 8.85. The number of unbranched alkanes of at least 4 members (excludes halogenated alkanes) is 1. The standard InChI is InChI=1S/C20H24N2O3S/c1-4-6-11-26-19-15(12-21)16(14-10-8-7-9-13(14)3)17(18(23)22-19)20(24)25-5-2/h7-10,16-17H,4-6,11H2,1-3H3,(H,22,23)/t16-,17-/m0/s1. The molecule has 1 aromatic rings. The molecule has 0 fully saturated rings. The molecular weight excluding hydrogens is 348 g/mol. The van der Waals surface area contributed by atoms with Gasteiger partial charge in [0.1, 0.15) is 5.92 Å². The molecule has 0 bridgehead atoms. The van der Waals surface area contributed by atoms with Gasteiger partial charge in [-0.05, 0) is 37.1 Å². The molecule has 26 heavy (non-hydrogen) atoms. The molecule has 1 aliphatic rings. The average molecular weight is 372 g/mol. The highest BCUT2D eigenvalue weighted by molar-refractivity contribution is 8.03. The molecule has 2 rings (SSSR count). The van der Waals surface area contributed by atoms with Crippen LogP contribution in [-0.2, 0) is 14.3 Å². The fourth-order valence-electron chi connectivity index (χ4n) is 3.01. The van der Waals surface area contributed by atoms with Crippen molar-refractivity contribution in [1.29, 1.82) is 5.26 Å². The smallest absolute Gasteiger partial charge is 0.319 e. The molecule has 5 nitrogen and oxygen atoms in total. The molecule has 138 valence electrons. The van der Waals surface area contributed by atoms with Crippen molar-refractivity contribution in [1.82, 2.24) is 5.32 Å². The summed E-state index contributed by atoms with van der Waals surface area (Å²) in [5.41, 5.74) is 2.18. The molecule has 0 spiro atoms. The minimum atomic E-state index is -1.05. The van der Waals surface area contributed by atoms with Crippen molar-refractivity contribution in [2.45, 2.75) is 39.5 Å². The van der Waals surface area contributed by atoms with Crippen LogP contribution in [0.3, 0.4) is 0 Å². The number of allylic oxidation sites excluding steroid dienone is 1. The van der Waals surface area contributed by atoms with Crippen molar-refractivity contribution in [2.75, 3.05) is 12.4 Å². The highest BCUT2D eigenvalue weighted by atomic mass is 32.2. The number of carbonyl (C=O) groups is 2. The fourth-order valence-corrected chi connectivity index (χ4v) is 4.15. The number of aryl methyl sites for hydroxylation is 1. The van der Waals surface area contributed by atoms with Gasteiger partial charge in [-0.1, -0.05) is 37.6 Å². The molecule has 6 heteroatoms. The minimum Gasteiger partial charge on any atom is -0.465 e. The van der Waals surface area contributed by atoms with Crippen LogP contribution in [0.1, 0.15) is 43.7 Å². The SMILES string of the molecule is CCCCSC1=C(C#N)[C@H](c2ccccc2C)[C@H](C(=O)OCC)C(=O)N1. The van der Waals surface area contributed by atoms with E-state index < -0.39 is 23.7 Å². The van der Waals surface area contributed by atoms with Gasteiger partial charge >= 0.3 is 5.97 Å². The molecule has 1 aliphatic heterocycles. The van der Waals surface area contributed by atoms with E-state index in [9.17, 15) is 14.9 Å². The number of thioether (sulfide) groups is 1. The van der Waals surface area contributed by atoms with E-state index in [4.69, 9.17) is 4.74 Å². The van der Waals surface area contributed by atoms with Gasteiger partial charge in [-0.25, -0.2) is 0 Å². The molecule has 1 amide bonds. The lowest BCUT2D eigenvalue weighted by atomic mass is 9.77. The number of hydrogen-bond donors (Lipinski definition) is 1. The van der Waals surface area contributed by atoms with Crippen molar-refractivity contribution in [2.24, 2.45) is 5.92 Å². The first kappa shape index (κ1) is 20.1. The van der Waals surface area contributed by atoms with Gasteiger partial charge in [-0.3, -0.25) is 9.59 Å². The molecule has 0 aliphatic carbocycles. The van der Waals surface area contributed by atoms with Gasteiger partial charge in [0.05, 0.1) is 23.3 Å². The van der Waals surface area contributed by atoms with Gasteiger partial charge in [0, 0.05) is 5.92 Å². The maximum Gasteiger partial charge on any atom is 0.319 e. The zero-order chi connectivity index (χ0) is 19.1. The van der Waals surface area contributed by atoms with Crippen molar-refractivity contribution in [3.8, 4) is 6.07 Å². The molecule has 1 heterocycles. The first-order valence-corrected chi connectivity index (χ1v) is 9.83. The summed E-state index contributed by atoms with van der Waals surface area (Å²) in [5, 5.41) is 13.2. The van der Waals surface area contributed by atoms with E-state index in [1.54, 1.807) is 6.92 Å². The van der Waals surface area contributed by atoms with Crippen LogP contribution >= 0.6 is 11.8 Å². The summed E-state index contributed by atoms with van der Waals surface area (Å²) < 4.78 is 5.13. The lowest BCUT2D eigenvalue weighted by molar-refractivity contribution is -0.152. The second kappa shape index (κ2) is 9.44. The van der Waals surface area contributed by atoms with Gasteiger partial charge in [-0.2, -0.15) is 5.26 Å². The lowest BCUT2D eigenvalue weighted by Gasteiger charge is -2.32. The molecule has 0 aromatic heterocycles. The van der Waals surface area contributed by atoms with E-state index in [0.717, 1.165) is 29.7 Å². The highest BCUT2D eigenvalue weighted by Crippen LogP contribution is 2.41. The van der Waals surface area contributed by atoms with E-state index in [1.165, 1.54) is 11.8 Å². The van der Waals surface area contributed by atoms with Crippen LogP contribution in [0.15, 0.2) is 34.9 Å². The molecule has 0 radical (unpaired) electrons. The Kier molecular flexibility index (Phi) is 7.28. The zero-order valence-corrected chi connectivity index (χ0v) is 16.2. The maximum atomic E-state index is 12.7. The Balaban J connectivity index is 2.55. The number of nitrogens with zero attached hydrogens (tertiary/aromatic N) is 1. The van der Waals surface area contributed by atoms with Crippen molar-refractivity contribution < 1.29 is 14.3 Å². The monoisotopic (exact) mass is 372 g/mol. The Morgan fingerprint density at radius 1 is 1.35 bits per heavy atom. The number of hydrogen-bond acceptors (Lipinski definition) is 5. The second-order valence-corrected chi connectivity index (χ2v) is 7.22. The highest BCUT2D eigenvalue weighted by Gasteiger charge is 2.44. The third-order valence-electron chi connectivity index (χ3n) is 4.34. The molecule has 2 atom stereocenters. The van der Waals surface area contributed by atoms with E-state index in [-0.39, 0.29) is 6.61 Å². The van der Waals surface area contributed by atoms with Gasteiger partial charge in [0.25, 0.3) is 0 Å². The maximum absolute atomic E-state index is 12.7. The molecule has 0 saturated carbocycles. The third-order valence-corrected chi connectivity index (χ3v) is 5.44. The molecule has 0 unspecified atom stereocenters. The van der Waals surface area contributed by atoms with E-state index in [1.807, 2.05) is 31.2 Å². The van der Waals surface area contributed by atoms with Crippen LogP contribution in [-0.4, -0.2) is 24.2 Å². The van der Waals surface area contributed by atoms with Crippen LogP contribution < -0.4 is 5.32 Å². The normalized spacial score (nSPS) is 19.7. The van der Waals surface area contributed by atoms with Crippen LogP contribution in [0.4, 0.5) is 0 Å². The van der Waals surface area contributed by atoms with Crippen LogP contribution in [0, 0.1) is 24.2 Å². The van der Waals surface area contributed by atoms with Gasteiger partial charge in [-0.15, -0.1) is 11.8 Å². The quantitative estimate of drug-likeness (QED) is 0.449. The minimum absolute atomic E-state index is 0.187. The number of amides is 1. The van der Waals surface area contributed by atoms with E-state index in [0.29, 0.717) is 10.6 Å². The molecular formula is C20H24N2O3S. The van der Waals surface area contributed by atoms with E-state index in [2.05, 4.69) is 18.3 Å². The Hall–Kier alpha value is -2.26. The number of rotatable bonds is 7. The largest absolute Gasteiger partial charge is 0.465 e. The summed E-state index contributed by atoms with van der Waals surface area (Å²) in [6.07, 6.45) is 2.02. The van der Waals surface area contributed by atoms with Gasteiger partial charge < -0.3 is 10.1 Å². The third kappa shape index (κ3) is 4.28. The first-order chi connectivity index (χ1) is 12.5. The summed E-state index contributed by atoms with van der Waals surface area (Å²) in [4.78, 5) is 25.3. The number of benzene rings is 1. The Bertz CT molecular complexity index is 752.